The molecule has 0 aliphatic carbocycles. The summed E-state index contributed by atoms with van der Waals surface area (Å²) in [6.07, 6.45) is 0. The number of fused-ring (bicyclic) bond motifs is 1. The maximum absolute atomic E-state index is 9.55. The SMILES string of the molecule is Oc1cc2ccccc2c(O)c1Cl. The fourth-order valence-corrected chi connectivity index (χ4v) is 1.45. The molecule has 66 valence electrons. The summed E-state index contributed by atoms with van der Waals surface area (Å²) < 4.78 is 0. The lowest BCUT2D eigenvalue weighted by atomic mass is 10.1. The number of hydrogen-bond donors (Lipinski definition) is 2. The summed E-state index contributed by atoms with van der Waals surface area (Å²) in [5.74, 6) is -0.171. The largest absolute Gasteiger partial charge is 0.506 e. The molecule has 0 aliphatic heterocycles. The van der Waals surface area contributed by atoms with Crippen LogP contribution in [0.25, 0.3) is 10.8 Å². The topological polar surface area (TPSA) is 40.5 Å². The average molecular weight is 195 g/mol. The second-order valence-corrected chi connectivity index (χ2v) is 3.16. The molecule has 0 bridgehead atoms. The molecule has 2 N–H and O–H groups in total. The van der Waals surface area contributed by atoms with E-state index < -0.39 is 0 Å². The zero-order valence-electron chi connectivity index (χ0n) is 6.66. The lowest BCUT2D eigenvalue weighted by molar-refractivity contribution is 0.455. The van der Waals surface area contributed by atoms with Crippen LogP contribution in [-0.2, 0) is 0 Å². The number of aromatic hydroxyl groups is 2. The van der Waals surface area contributed by atoms with Crippen LogP contribution in [0.5, 0.6) is 11.5 Å². The highest BCUT2D eigenvalue weighted by molar-refractivity contribution is 6.34. The van der Waals surface area contributed by atoms with Crippen molar-refractivity contribution in [2.24, 2.45) is 0 Å². The average Bonchev–Trinajstić information content (AvgIpc) is 2.15. The molecule has 0 saturated carbocycles. The van der Waals surface area contributed by atoms with Crippen LogP contribution >= 0.6 is 11.6 Å². The van der Waals surface area contributed by atoms with Crippen molar-refractivity contribution in [3.8, 4) is 11.5 Å². The summed E-state index contributed by atoms with van der Waals surface area (Å²) in [6, 6.07) is 8.70. The van der Waals surface area contributed by atoms with Crippen LogP contribution in [0.4, 0.5) is 0 Å². The van der Waals surface area contributed by atoms with Crippen molar-refractivity contribution in [2.75, 3.05) is 0 Å². The predicted molar refractivity (Wildman–Crippen MR) is 52.3 cm³/mol. The molecule has 2 nitrogen and oxygen atoms in total. The molecular formula is C10H7ClO2. The van der Waals surface area contributed by atoms with Gasteiger partial charge in [0.2, 0.25) is 0 Å². The normalized spacial score (nSPS) is 10.5. The van der Waals surface area contributed by atoms with Crippen LogP contribution in [0.15, 0.2) is 30.3 Å². The Balaban J connectivity index is 2.94. The summed E-state index contributed by atoms with van der Waals surface area (Å²) >= 11 is 5.66. The summed E-state index contributed by atoms with van der Waals surface area (Å²) in [7, 11) is 0. The Morgan fingerprint density at radius 2 is 1.77 bits per heavy atom. The molecule has 0 amide bonds. The van der Waals surface area contributed by atoms with E-state index in [0.717, 1.165) is 5.39 Å². The van der Waals surface area contributed by atoms with Crippen molar-refractivity contribution >= 4 is 22.4 Å². The summed E-state index contributed by atoms with van der Waals surface area (Å²) in [4.78, 5) is 0. The van der Waals surface area contributed by atoms with Gasteiger partial charge in [-0.2, -0.15) is 0 Å². The molecule has 2 aromatic carbocycles. The van der Waals surface area contributed by atoms with Gasteiger partial charge >= 0.3 is 0 Å². The minimum absolute atomic E-state index is 0.00120. The number of halogens is 1. The number of hydrogen-bond acceptors (Lipinski definition) is 2. The molecule has 0 heterocycles. The third-order valence-corrected chi connectivity index (χ3v) is 2.31. The fourth-order valence-electron chi connectivity index (χ4n) is 1.29. The maximum atomic E-state index is 9.55. The molecule has 0 saturated heterocycles. The Bertz CT molecular complexity index is 466. The van der Waals surface area contributed by atoms with Gasteiger partial charge in [0.15, 0.2) is 0 Å². The minimum Gasteiger partial charge on any atom is -0.506 e. The van der Waals surface area contributed by atoms with Crippen LogP contribution in [0.3, 0.4) is 0 Å². The molecule has 0 spiro atoms. The lowest BCUT2D eigenvalue weighted by Gasteiger charge is -2.04. The Morgan fingerprint density at radius 3 is 2.54 bits per heavy atom. The first-order chi connectivity index (χ1) is 6.20. The molecule has 3 heteroatoms. The van der Waals surface area contributed by atoms with Crippen molar-refractivity contribution in [1.29, 1.82) is 0 Å². The minimum atomic E-state index is -0.0992. The second-order valence-electron chi connectivity index (χ2n) is 2.78. The highest BCUT2D eigenvalue weighted by Crippen LogP contribution is 2.38. The molecular weight excluding hydrogens is 188 g/mol. The van der Waals surface area contributed by atoms with Crippen LogP contribution in [0.1, 0.15) is 0 Å². The highest BCUT2D eigenvalue weighted by Gasteiger charge is 2.08. The molecule has 0 radical (unpaired) electrons. The van der Waals surface area contributed by atoms with E-state index in [1.807, 2.05) is 6.07 Å². The standard InChI is InChI=1S/C10H7ClO2/c11-9-8(12)5-6-3-1-2-4-7(6)10(9)13/h1-5,12-13H. The second kappa shape index (κ2) is 2.82. The molecule has 0 atom stereocenters. The van der Waals surface area contributed by atoms with Crippen LogP contribution in [-0.4, -0.2) is 10.2 Å². The van der Waals surface area contributed by atoms with Crippen LogP contribution in [0.2, 0.25) is 5.02 Å². The van der Waals surface area contributed by atoms with E-state index in [4.69, 9.17) is 11.6 Å². The van der Waals surface area contributed by atoms with Gasteiger partial charge in [0, 0.05) is 5.39 Å². The lowest BCUT2D eigenvalue weighted by Crippen LogP contribution is -1.76. The zero-order valence-corrected chi connectivity index (χ0v) is 7.42. The van der Waals surface area contributed by atoms with E-state index in [1.54, 1.807) is 18.2 Å². The molecule has 2 rings (SSSR count). The molecule has 0 aromatic heterocycles. The maximum Gasteiger partial charge on any atom is 0.145 e. The van der Waals surface area contributed by atoms with E-state index in [9.17, 15) is 10.2 Å². The van der Waals surface area contributed by atoms with Gasteiger partial charge in [0.1, 0.15) is 16.5 Å². The number of benzene rings is 2. The molecule has 0 unspecified atom stereocenters. The van der Waals surface area contributed by atoms with E-state index in [1.165, 1.54) is 6.07 Å². The van der Waals surface area contributed by atoms with Crippen molar-refractivity contribution in [3.05, 3.63) is 35.4 Å². The highest BCUT2D eigenvalue weighted by atomic mass is 35.5. The van der Waals surface area contributed by atoms with E-state index in [2.05, 4.69) is 0 Å². The first-order valence-corrected chi connectivity index (χ1v) is 4.17. The van der Waals surface area contributed by atoms with Gasteiger partial charge in [-0.1, -0.05) is 35.9 Å². The molecule has 2 aromatic rings. The Morgan fingerprint density at radius 1 is 1.08 bits per heavy atom. The van der Waals surface area contributed by atoms with Crippen molar-refractivity contribution in [3.63, 3.8) is 0 Å². The number of rotatable bonds is 0. The Hall–Kier alpha value is -1.41. The third-order valence-electron chi connectivity index (χ3n) is 1.94. The monoisotopic (exact) mass is 194 g/mol. The summed E-state index contributed by atoms with van der Waals surface area (Å²) in [5, 5.41) is 20.3. The van der Waals surface area contributed by atoms with E-state index >= 15 is 0 Å². The number of phenolic OH excluding ortho intramolecular Hbond substituents is 2. The first-order valence-electron chi connectivity index (χ1n) is 3.79. The van der Waals surface area contributed by atoms with Crippen LogP contribution < -0.4 is 0 Å². The molecule has 13 heavy (non-hydrogen) atoms. The first kappa shape index (κ1) is 8.20. The quantitative estimate of drug-likeness (QED) is 0.677. The van der Waals surface area contributed by atoms with Crippen LogP contribution in [0, 0.1) is 0 Å². The van der Waals surface area contributed by atoms with Gasteiger partial charge in [0.25, 0.3) is 0 Å². The smallest absolute Gasteiger partial charge is 0.145 e. The van der Waals surface area contributed by atoms with Gasteiger partial charge in [-0.15, -0.1) is 0 Å². The van der Waals surface area contributed by atoms with Gasteiger partial charge in [-0.25, -0.2) is 0 Å². The summed E-state index contributed by atoms with van der Waals surface area (Å²) in [6.45, 7) is 0. The van der Waals surface area contributed by atoms with E-state index in [0.29, 0.717) is 5.39 Å². The van der Waals surface area contributed by atoms with Crippen molar-refractivity contribution in [2.45, 2.75) is 0 Å². The molecule has 0 fully saturated rings. The fraction of sp³-hybridized carbons (Fsp3) is 0. The Kier molecular flexibility index (Phi) is 1.78. The zero-order chi connectivity index (χ0) is 9.42. The van der Waals surface area contributed by atoms with Crippen molar-refractivity contribution in [1.82, 2.24) is 0 Å². The third kappa shape index (κ3) is 1.19. The summed E-state index contributed by atoms with van der Waals surface area (Å²) in [5.41, 5.74) is 0. The van der Waals surface area contributed by atoms with Gasteiger partial charge in [0.05, 0.1) is 0 Å². The molecule has 0 aliphatic rings. The Labute approximate surface area is 80.0 Å². The van der Waals surface area contributed by atoms with Gasteiger partial charge < -0.3 is 10.2 Å². The predicted octanol–water partition coefficient (Wildman–Crippen LogP) is 2.90. The van der Waals surface area contributed by atoms with Crippen molar-refractivity contribution < 1.29 is 10.2 Å². The number of phenols is 2. The van der Waals surface area contributed by atoms with E-state index in [-0.39, 0.29) is 16.5 Å². The van der Waals surface area contributed by atoms with Gasteiger partial charge in [-0.3, -0.25) is 0 Å². The van der Waals surface area contributed by atoms with Gasteiger partial charge in [-0.05, 0) is 11.5 Å².